The van der Waals surface area contributed by atoms with Crippen LogP contribution in [0.1, 0.15) is 40.7 Å². The fraction of sp³-hybridized carbons (Fsp3) is 0.296. The van der Waals surface area contributed by atoms with Crippen LogP contribution in [0.5, 0.6) is 0 Å². The first-order valence-electron chi connectivity index (χ1n) is 12.1. The highest BCUT2D eigenvalue weighted by molar-refractivity contribution is 5.96. The van der Waals surface area contributed by atoms with Gasteiger partial charge in [-0.15, -0.1) is 0 Å². The number of rotatable bonds is 8. The number of aliphatic hydroxyl groups is 1. The standard InChI is InChI=1S/C27H25F4N5O2/c1-15-10-17(2-6-20(15)26(38)34-19-4-5-19)23-12-33-25-24(32-9-8-27(29,30)31)35-22(13-36(23)25)16-3-7-21(28)18(11-16)14-37/h2-3,6-7,10-13,19,37H,4-5,8-9,14H2,1H3,(H,32,35)(H,34,38). The van der Waals surface area contributed by atoms with Gasteiger partial charge in [0.15, 0.2) is 11.5 Å². The topological polar surface area (TPSA) is 91.6 Å². The fourth-order valence-corrected chi connectivity index (χ4v) is 4.21. The molecule has 4 aromatic rings. The molecule has 1 aliphatic carbocycles. The molecule has 0 radical (unpaired) electrons. The van der Waals surface area contributed by atoms with Crippen molar-refractivity contribution in [2.45, 2.75) is 45.0 Å². The molecule has 2 aromatic heterocycles. The second-order valence-corrected chi connectivity index (χ2v) is 9.35. The molecule has 7 nitrogen and oxygen atoms in total. The predicted molar refractivity (Wildman–Crippen MR) is 134 cm³/mol. The van der Waals surface area contributed by atoms with Gasteiger partial charge in [-0.05, 0) is 55.7 Å². The van der Waals surface area contributed by atoms with E-state index in [0.717, 1.165) is 24.0 Å². The lowest BCUT2D eigenvalue weighted by Crippen LogP contribution is -2.26. The van der Waals surface area contributed by atoms with E-state index in [2.05, 4.69) is 20.6 Å². The third-order valence-corrected chi connectivity index (χ3v) is 6.38. The van der Waals surface area contributed by atoms with Gasteiger partial charge in [0.1, 0.15) is 5.82 Å². The van der Waals surface area contributed by atoms with Gasteiger partial charge < -0.3 is 15.7 Å². The van der Waals surface area contributed by atoms with Gasteiger partial charge in [-0.2, -0.15) is 13.2 Å². The molecule has 0 unspecified atom stereocenters. The van der Waals surface area contributed by atoms with Crippen molar-refractivity contribution in [3.8, 4) is 22.5 Å². The highest BCUT2D eigenvalue weighted by atomic mass is 19.4. The molecule has 5 rings (SSSR count). The number of imidazole rings is 1. The van der Waals surface area contributed by atoms with E-state index in [1.165, 1.54) is 18.2 Å². The minimum atomic E-state index is -4.35. The molecule has 3 N–H and O–H groups in total. The number of aromatic nitrogens is 3. The molecule has 2 aromatic carbocycles. The number of fused-ring (bicyclic) bond motifs is 1. The average molecular weight is 528 g/mol. The summed E-state index contributed by atoms with van der Waals surface area (Å²) >= 11 is 0. The maximum absolute atomic E-state index is 14.0. The van der Waals surface area contributed by atoms with E-state index in [1.807, 2.05) is 13.0 Å². The Morgan fingerprint density at radius 3 is 2.61 bits per heavy atom. The summed E-state index contributed by atoms with van der Waals surface area (Å²) in [4.78, 5) is 21.4. The third kappa shape index (κ3) is 5.47. The first kappa shape index (κ1) is 25.7. The van der Waals surface area contributed by atoms with Gasteiger partial charge in [-0.3, -0.25) is 9.20 Å². The molecule has 1 amide bonds. The van der Waals surface area contributed by atoms with E-state index in [0.29, 0.717) is 28.2 Å². The van der Waals surface area contributed by atoms with Crippen LogP contribution in [-0.2, 0) is 6.61 Å². The summed E-state index contributed by atoms with van der Waals surface area (Å²) in [6.07, 6.45) is -0.211. The van der Waals surface area contributed by atoms with Crippen molar-refractivity contribution in [1.82, 2.24) is 19.7 Å². The van der Waals surface area contributed by atoms with Gasteiger partial charge in [0, 0.05) is 41.0 Å². The van der Waals surface area contributed by atoms with Crippen LogP contribution in [0.2, 0.25) is 0 Å². The van der Waals surface area contributed by atoms with Crippen LogP contribution in [0.15, 0.2) is 48.8 Å². The summed E-state index contributed by atoms with van der Waals surface area (Å²) in [6, 6.07) is 9.73. The summed E-state index contributed by atoms with van der Waals surface area (Å²) in [5.41, 5.74) is 3.89. The predicted octanol–water partition coefficient (Wildman–Crippen LogP) is 5.26. The number of aryl methyl sites for hydroxylation is 1. The van der Waals surface area contributed by atoms with E-state index < -0.39 is 31.6 Å². The number of anilines is 1. The Hall–Kier alpha value is -3.99. The van der Waals surface area contributed by atoms with Crippen LogP contribution in [0, 0.1) is 12.7 Å². The number of hydrogen-bond donors (Lipinski definition) is 3. The number of hydrogen-bond acceptors (Lipinski definition) is 5. The lowest BCUT2D eigenvalue weighted by Gasteiger charge is -2.13. The van der Waals surface area contributed by atoms with E-state index in [9.17, 15) is 27.5 Å². The normalized spacial score (nSPS) is 13.6. The number of alkyl halides is 3. The van der Waals surface area contributed by atoms with Gasteiger partial charge in [-0.25, -0.2) is 14.4 Å². The molecule has 1 saturated carbocycles. The van der Waals surface area contributed by atoms with E-state index in [-0.39, 0.29) is 23.3 Å². The number of carbonyl (C=O) groups is 1. The monoisotopic (exact) mass is 527 g/mol. The quantitative estimate of drug-likeness (QED) is 0.272. The summed E-state index contributed by atoms with van der Waals surface area (Å²) in [6.45, 7) is 0.905. The van der Waals surface area contributed by atoms with Crippen molar-refractivity contribution in [2.24, 2.45) is 0 Å². The first-order valence-corrected chi connectivity index (χ1v) is 12.1. The van der Waals surface area contributed by atoms with Crippen molar-refractivity contribution in [2.75, 3.05) is 11.9 Å². The Kier molecular flexibility index (Phi) is 6.78. The Bertz CT molecular complexity index is 1510. The van der Waals surface area contributed by atoms with Gasteiger partial charge in [0.25, 0.3) is 5.91 Å². The second-order valence-electron chi connectivity index (χ2n) is 9.35. The molecule has 11 heteroatoms. The third-order valence-electron chi connectivity index (χ3n) is 6.38. The summed E-state index contributed by atoms with van der Waals surface area (Å²) in [5.74, 6) is -0.580. The van der Waals surface area contributed by atoms with Gasteiger partial charge in [0.05, 0.1) is 30.6 Å². The van der Waals surface area contributed by atoms with Crippen LogP contribution < -0.4 is 10.6 Å². The van der Waals surface area contributed by atoms with Crippen molar-refractivity contribution in [1.29, 1.82) is 0 Å². The molecule has 0 bridgehead atoms. The molecule has 198 valence electrons. The Labute approximate surface area is 215 Å². The molecule has 1 aliphatic rings. The van der Waals surface area contributed by atoms with Gasteiger partial charge in [0.2, 0.25) is 0 Å². The lowest BCUT2D eigenvalue weighted by atomic mass is 10.0. The van der Waals surface area contributed by atoms with Crippen molar-refractivity contribution in [3.63, 3.8) is 0 Å². The number of carbonyl (C=O) groups excluding carboxylic acids is 1. The zero-order chi connectivity index (χ0) is 27.0. The van der Waals surface area contributed by atoms with E-state index in [4.69, 9.17) is 0 Å². The molecule has 38 heavy (non-hydrogen) atoms. The van der Waals surface area contributed by atoms with Crippen molar-refractivity contribution in [3.05, 3.63) is 71.3 Å². The maximum atomic E-state index is 14.0. The van der Waals surface area contributed by atoms with E-state index in [1.54, 1.807) is 28.9 Å². The molecule has 0 saturated heterocycles. The van der Waals surface area contributed by atoms with Crippen LogP contribution in [0.25, 0.3) is 28.2 Å². The number of benzene rings is 2. The number of nitrogens with one attached hydrogen (secondary N) is 2. The minimum Gasteiger partial charge on any atom is -0.392 e. The average Bonchev–Trinajstić information content (AvgIpc) is 3.58. The van der Waals surface area contributed by atoms with Crippen molar-refractivity contribution >= 4 is 17.4 Å². The first-order chi connectivity index (χ1) is 18.1. The Balaban J connectivity index is 1.57. The molecule has 2 heterocycles. The van der Waals surface area contributed by atoms with Crippen LogP contribution in [0.3, 0.4) is 0 Å². The zero-order valence-corrected chi connectivity index (χ0v) is 20.4. The number of amides is 1. The summed E-state index contributed by atoms with van der Waals surface area (Å²) in [7, 11) is 0. The minimum absolute atomic E-state index is 0.0671. The van der Waals surface area contributed by atoms with Gasteiger partial charge >= 0.3 is 6.18 Å². The molecule has 0 aliphatic heterocycles. The van der Waals surface area contributed by atoms with Crippen LogP contribution >= 0.6 is 0 Å². The van der Waals surface area contributed by atoms with Gasteiger partial charge in [-0.1, -0.05) is 6.07 Å². The summed E-state index contributed by atoms with van der Waals surface area (Å²) < 4.78 is 54.1. The van der Waals surface area contributed by atoms with Crippen LogP contribution in [-0.4, -0.2) is 44.1 Å². The second kappa shape index (κ2) is 10.1. The highest BCUT2D eigenvalue weighted by Gasteiger charge is 2.27. The zero-order valence-electron chi connectivity index (χ0n) is 20.4. The Morgan fingerprint density at radius 1 is 1.16 bits per heavy atom. The number of nitrogens with zero attached hydrogens (tertiary/aromatic N) is 3. The Morgan fingerprint density at radius 2 is 1.92 bits per heavy atom. The largest absolute Gasteiger partial charge is 0.392 e. The number of halogens is 4. The maximum Gasteiger partial charge on any atom is 0.390 e. The highest BCUT2D eigenvalue weighted by Crippen LogP contribution is 2.30. The molecule has 1 fully saturated rings. The molecule has 0 spiro atoms. The molecular weight excluding hydrogens is 502 g/mol. The van der Waals surface area contributed by atoms with Crippen molar-refractivity contribution < 1.29 is 27.5 Å². The summed E-state index contributed by atoms with van der Waals surface area (Å²) in [5, 5.41) is 15.2. The number of aliphatic hydroxyl groups excluding tert-OH is 1. The van der Waals surface area contributed by atoms with Crippen LogP contribution in [0.4, 0.5) is 23.4 Å². The molecule has 0 atom stereocenters. The lowest BCUT2D eigenvalue weighted by molar-refractivity contribution is -0.131. The SMILES string of the molecule is Cc1cc(-c2cnc3c(NCCC(F)(F)F)nc(-c4ccc(F)c(CO)c4)cn23)ccc1C(=O)NC1CC1. The molecular formula is C27H25F4N5O2. The smallest absolute Gasteiger partial charge is 0.390 e. The fourth-order valence-electron chi connectivity index (χ4n) is 4.21. The van der Waals surface area contributed by atoms with E-state index >= 15 is 0 Å².